The highest BCUT2D eigenvalue weighted by atomic mass is 16.5. The SMILES string of the molecule is COC(=O)c1cncc(N(C)Cc2ccccc2N)n1. The van der Waals surface area contributed by atoms with Crippen molar-refractivity contribution in [3.63, 3.8) is 0 Å². The standard InChI is InChI=1S/C14H16N4O2/c1-18(9-10-5-3-4-6-11(10)15)13-8-16-7-12(17-13)14(19)20-2/h3-8H,9,15H2,1-2H3. The second kappa shape index (κ2) is 6.01. The number of esters is 1. The molecule has 104 valence electrons. The largest absolute Gasteiger partial charge is 0.464 e. The van der Waals surface area contributed by atoms with Gasteiger partial charge in [0.15, 0.2) is 5.69 Å². The zero-order valence-electron chi connectivity index (χ0n) is 11.4. The van der Waals surface area contributed by atoms with E-state index in [2.05, 4.69) is 14.7 Å². The number of ether oxygens (including phenoxy) is 1. The van der Waals surface area contributed by atoms with Crippen molar-refractivity contribution in [1.82, 2.24) is 9.97 Å². The molecule has 2 N–H and O–H groups in total. The Labute approximate surface area is 117 Å². The summed E-state index contributed by atoms with van der Waals surface area (Å²) in [6.07, 6.45) is 2.96. The fourth-order valence-electron chi connectivity index (χ4n) is 1.76. The van der Waals surface area contributed by atoms with Gasteiger partial charge < -0.3 is 15.4 Å². The molecule has 2 rings (SSSR count). The molecule has 2 aromatic rings. The van der Waals surface area contributed by atoms with Crippen molar-refractivity contribution < 1.29 is 9.53 Å². The van der Waals surface area contributed by atoms with Crippen LogP contribution < -0.4 is 10.6 Å². The van der Waals surface area contributed by atoms with Gasteiger partial charge in [-0.2, -0.15) is 0 Å². The van der Waals surface area contributed by atoms with Crippen molar-refractivity contribution in [2.75, 3.05) is 24.8 Å². The number of benzene rings is 1. The Morgan fingerprint density at radius 3 is 2.80 bits per heavy atom. The van der Waals surface area contributed by atoms with Gasteiger partial charge in [-0.1, -0.05) is 18.2 Å². The summed E-state index contributed by atoms with van der Waals surface area (Å²) in [5, 5.41) is 0. The van der Waals surface area contributed by atoms with Crippen LogP contribution in [0.3, 0.4) is 0 Å². The zero-order valence-corrected chi connectivity index (χ0v) is 11.4. The lowest BCUT2D eigenvalue weighted by Gasteiger charge is -2.19. The van der Waals surface area contributed by atoms with Crippen LogP contribution in [0.4, 0.5) is 11.5 Å². The third-order valence-electron chi connectivity index (χ3n) is 2.87. The number of nitrogens with zero attached hydrogens (tertiary/aromatic N) is 3. The average Bonchev–Trinajstić information content (AvgIpc) is 2.49. The number of nitrogens with two attached hydrogens (primary N) is 1. The minimum atomic E-state index is -0.507. The summed E-state index contributed by atoms with van der Waals surface area (Å²) < 4.78 is 4.63. The molecule has 0 fully saturated rings. The van der Waals surface area contributed by atoms with Gasteiger partial charge in [-0.05, 0) is 11.6 Å². The Morgan fingerprint density at radius 2 is 2.10 bits per heavy atom. The van der Waals surface area contributed by atoms with Gasteiger partial charge in [-0.3, -0.25) is 4.98 Å². The Bertz CT molecular complexity index is 616. The van der Waals surface area contributed by atoms with Gasteiger partial charge in [-0.25, -0.2) is 9.78 Å². The molecular formula is C14H16N4O2. The molecule has 6 heteroatoms. The first kappa shape index (κ1) is 13.8. The second-order valence-corrected chi connectivity index (χ2v) is 4.31. The number of hydrogen-bond acceptors (Lipinski definition) is 6. The van der Waals surface area contributed by atoms with Crippen LogP contribution in [0, 0.1) is 0 Å². The lowest BCUT2D eigenvalue weighted by Crippen LogP contribution is -2.20. The molecule has 6 nitrogen and oxygen atoms in total. The molecule has 1 aromatic carbocycles. The van der Waals surface area contributed by atoms with E-state index < -0.39 is 5.97 Å². The molecule has 0 amide bonds. The van der Waals surface area contributed by atoms with Crippen LogP contribution in [0.25, 0.3) is 0 Å². The molecule has 0 spiro atoms. The molecule has 0 unspecified atom stereocenters. The van der Waals surface area contributed by atoms with Crippen LogP contribution in [-0.2, 0) is 11.3 Å². The number of rotatable bonds is 4. The van der Waals surface area contributed by atoms with E-state index in [1.54, 1.807) is 6.20 Å². The first-order valence-corrected chi connectivity index (χ1v) is 6.06. The summed E-state index contributed by atoms with van der Waals surface area (Å²) in [6.45, 7) is 0.575. The van der Waals surface area contributed by atoms with Gasteiger partial charge in [0.05, 0.1) is 19.5 Å². The monoisotopic (exact) mass is 272 g/mol. The van der Waals surface area contributed by atoms with Crippen LogP contribution in [0.1, 0.15) is 16.1 Å². The normalized spacial score (nSPS) is 10.1. The molecule has 1 aromatic heterocycles. The summed E-state index contributed by atoms with van der Waals surface area (Å²) in [5.41, 5.74) is 7.79. The molecule has 0 aliphatic heterocycles. The Balaban J connectivity index is 2.19. The van der Waals surface area contributed by atoms with Crippen LogP contribution in [0.2, 0.25) is 0 Å². The third kappa shape index (κ3) is 3.03. The van der Waals surface area contributed by atoms with Crippen molar-refractivity contribution in [3.8, 4) is 0 Å². The van der Waals surface area contributed by atoms with Crippen LogP contribution >= 0.6 is 0 Å². The van der Waals surface area contributed by atoms with Crippen molar-refractivity contribution in [2.24, 2.45) is 0 Å². The number of carbonyl (C=O) groups is 1. The third-order valence-corrected chi connectivity index (χ3v) is 2.87. The topological polar surface area (TPSA) is 81.3 Å². The lowest BCUT2D eigenvalue weighted by atomic mass is 10.2. The summed E-state index contributed by atoms with van der Waals surface area (Å²) in [7, 11) is 3.17. The first-order chi connectivity index (χ1) is 9.61. The highest BCUT2D eigenvalue weighted by molar-refractivity contribution is 5.87. The number of anilines is 2. The molecule has 0 atom stereocenters. The van der Waals surface area contributed by atoms with E-state index in [9.17, 15) is 4.79 Å². The number of nitrogen functional groups attached to an aromatic ring is 1. The maximum absolute atomic E-state index is 11.4. The van der Waals surface area contributed by atoms with Gasteiger partial charge in [0.25, 0.3) is 0 Å². The van der Waals surface area contributed by atoms with Crippen LogP contribution in [0.5, 0.6) is 0 Å². The van der Waals surface area contributed by atoms with Crippen LogP contribution in [0.15, 0.2) is 36.7 Å². The van der Waals surface area contributed by atoms with E-state index in [4.69, 9.17) is 5.73 Å². The molecule has 0 aliphatic rings. The zero-order chi connectivity index (χ0) is 14.5. The van der Waals surface area contributed by atoms with Crippen molar-refractivity contribution in [2.45, 2.75) is 6.54 Å². The molecule has 20 heavy (non-hydrogen) atoms. The van der Waals surface area contributed by atoms with E-state index in [0.717, 1.165) is 11.3 Å². The van der Waals surface area contributed by atoms with Crippen molar-refractivity contribution >= 4 is 17.5 Å². The quantitative estimate of drug-likeness (QED) is 0.670. The Morgan fingerprint density at radius 1 is 1.35 bits per heavy atom. The molecular weight excluding hydrogens is 256 g/mol. The van der Waals surface area contributed by atoms with Crippen molar-refractivity contribution in [1.29, 1.82) is 0 Å². The first-order valence-electron chi connectivity index (χ1n) is 6.06. The van der Waals surface area contributed by atoms with Crippen molar-refractivity contribution in [3.05, 3.63) is 47.9 Å². The number of aromatic nitrogens is 2. The predicted molar refractivity (Wildman–Crippen MR) is 76.3 cm³/mol. The lowest BCUT2D eigenvalue weighted by molar-refractivity contribution is 0.0593. The Hall–Kier alpha value is -2.63. The van der Waals surface area contributed by atoms with E-state index in [0.29, 0.717) is 12.4 Å². The highest BCUT2D eigenvalue weighted by Crippen LogP contribution is 2.16. The van der Waals surface area contributed by atoms with Gasteiger partial charge in [0.1, 0.15) is 5.82 Å². The molecule has 0 saturated heterocycles. The maximum atomic E-state index is 11.4. The minimum absolute atomic E-state index is 0.179. The summed E-state index contributed by atoms with van der Waals surface area (Å²) in [4.78, 5) is 21.5. The van der Waals surface area contributed by atoms with Gasteiger partial charge >= 0.3 is 5.97 Å². The van der Waals surface area contributed by atoms with E-state index in [1.807, 2.05) is 36.2 Å². The Kier molecular flexibility index (Phi) is 4.14. The fourth-order valence-corrected chi connectivity index (χ4v) is 1.76. The number of hydrogen-bond donors (Lipinski definition) is 1. The molecule has 0 bridgehead atoms. The van der Waals surface area contributed by atoms with E-state index >= 15 is 0 Å². The molecule has 0 aliphatic carbocycles. The number of methoxy groups -OCH3 is 1. The van der Waals surface area contributed by atoms with Gasteiger partial charge in [-0.15, -0.1) is 0 Å². The minimum Gasteiger partial charge on any atom is -0.464 e. The number of para-hydroxylation sites is 1. The number of carbonyl (C=O) groups excluding carboxylic acids is 1. The molecule has 0 saturated carbocycles. The second-order valence-electron chi connectivity index (χ2n) is 4.31. The van der Waals surface area contributed by atoms with E-state index in [1.165, 1.54) is 13.3 Å². The van der Waals surface area contributed by atoms with Gasteiger partial charge in [0.2, 0.25) is 0 Å². The van der Waals surface area contributed by atoms with E-state index in [-0.39, 0.29) is 5.69 Å². The van der Waals surface area contributed by atoms with Crippen LogP contribution in [-0.4, -0.2) is 30.1 Å². The maximum Gasteiger partial charge on any atom is 0.358 e. The summed E-state index contributed by atoms with van der Waals surface area (Å²) in [5.74, 6) is 0.0723. The average molecular weight is 272 g/mol. The fraction of sp³-hybridized carbons (Fsp3) is 0.214. The summed E-state index contributed by atoms with van der Waals surface area (Å²) >= 11 is 0. The smallest absolute Gasteiger partial charge is 0.358 e. The van der Waals surface area contributed by atoms with Gasteiger partial charge in [0, 0.05) is 19.3 Å². The highest BCUT2D eigenvalue weighted by Gasteiger charge is 2.11. The summed E-state index contributed by atoms with van der Waals surface area (Å²) in [6, 6.07) is 7.61. The predicted octanol–water partition coefficient (Wildman–Crippen LogP) is 1.48. The molecule has 1 heterocycles. The molecule has 0 radical (unpaired) electrons.